The highest BCUT2D eigenvalue weighted by atomic mass is 28.3. The normalized spacial score (nSPS) is 10.3. The van der Waals surface area contributed by atoms with Gasteiger partial charge in [0.15, 0.2) is 0 Å². The lowest BCUT2D eigenvalue weighted by molar-refractivity contribution is 0.0597. The van der Waals surface area contributed by atoms with Crippen LogP contribution < -0.4 is 5.32 Å². The highest BCUT2D eigenvalue weighted by molar-refractivity contribution is 6.83. The third kappa shape index (κ3) is 5.06. The fourth-order valence-corrected chi connectivity index (χ4v) is 2.00. The first-order valence-corrected chi connectivity index (χ1v) is 9.49. The minimum absolute atomic E-state index is 0.102. The van der Waals surface area contributed by atoms with Gasteiger partial charge in [-0.25, -0.2) is 4.79 Å². The van der Waals surface area contributed by atoms with Crippen LogP contribution in [0.4, 0.5) is 5.69 Å². The minimum Gasteiger partial charge on any atom is -0.507 e. The third-order valence-corrected chi connectivity index (χ3v) is 3.17. The molecule has 0 aliphatic rings. The molecule has 0 unspecified atom stereocenters. The Morgan fingerprint density at radius 3 is 2.63 bits per heavy atom. The molecule has 0 aliphatic carbocycles. The van der Waals surface area contributed by atoms with Gasteiger partial charge in [0.05, 0.1) is 13.7 Å². The predicted molar refractivity (Wildman–Crippen MR) is 79.1 cm³/mol. The van der Waals surface area contributed by atoms with Crippen molar-refractivity contribution in [1.29, 1.82) is 0 Å². The number of benzene rings is 1. The first-order chi connectivity index (χ1) is 8.83. The number of anilines is 1. The standard InChI is InChI=1S/C14H19NO3Si/c1-18-14(17)12-7-6-11(10-13(12)16)15-8-5-9-19(2,3)4/h6-7,10,15-16H,8H2,1-4H3. The monoisotopic (exact) mass is 277 g/mol. The SMILES string of the molecule is COC(=O)c1ccc(NCC#C[Si](C)(C)C)cc1O. The quantitative estimate of drug-likeness (QED) is 0.506. The third-order valence-electron chi connectivity index (χ3n) is 2.25. The average molecular weight is 277 g/mol. The van der Waals surface area contributed by atoms with Gasteiger partial charge in [-0.05, 0) is 12.1 Å². The molecule has 19 heavy (non-hydrogen) atoms. The fraction of sp³-hybridized carbons (Fsp3) is 0.357. The van der Waals surface area contributed by atoms with E-state index in [0.717, 1.165) is 5.69 Å². The molecule has 1 aromatic rings. The van der Waals surface area contributed by atoms with E-state index in [2.05, 4.69) is 41.2 Å². The molecule has 0 aromatic heterocycles. The van der Waals surface area contributed by atoms with Gasteiger partial charge in [-0.2, -0.15) is 0 Å². The Kier molecular flexibility index (Phi) is 5.01. The number of methoxy groups -OCH3 is 1. The number of nitrogens with one attached hydrogen (secondary N) is 1. The molecule has 0 amide bonds. The fourth-order valence-electron chi connectivity index (χ4n) is 1.38. The van der Waals surface area contributed by atoms with Crippen molar-refractivity contribution < 1.29 is 14.6 Å². The molecule has 4 nitrogen and oxygen atoms in total. The molecule has 0 saturated heterocycles. The summed E-state index contributed by atoms with van der Waals surface area (Å²) in [5, 5.41) is 12.8. The molecule has 0 heterocycles. The maximum absolute atomic E-state index is 11.3. The van der Waals surface area contributed by atoms with Crippen LogP contribution in [-0.4, -0.2) is 32.8 Å². The Labute approximate surface area is 114 Å². The van der Waals surface area contributed by atoms with Crippen LogP contribution >= 0.6 is 0 Å². The number of phenols is 1. The Morgan fingerprint density at radius 2 is 2.11 bits per heavy atom. The first-order valence-electron chi connectivity index (χ1n) is 5.99. The van der Waals surface area contributed by atoms with E-state index in [-0.39, 0.29) is 11.3 Å². The van der Waals surface area contributed by atoms with Gasteiger partial charge in [0, 0.05) is 11.8 Å². The zero-order valence-corrected chi connectivity index (χ0v) is 12.7. The number of carbonyl (C=O) groups is 1. The lowest BCUT2D eigenvalue weighted by atomic mass is 10.2. The molecule has 5 heteroatoms. The predicted octanol–water partition coefficient (Wildman–Crippen LogP) is 2.47. The highest BCUT2D eigenvalue weighted by Gasteiger charge is 2.11. The van der Waals surface area contributed by atoms with Crippen LogP contribution in [0.3, 0.4) is 0 Å². The van der Waals surface area contributed by atoms with Crippen molar-refractivity contribution in [1.82, 2.24) is 0 Å². The molecular formula is C14H19NO3Si. The van der Waals surface area contributed by atoms with Gasteiger partial charge >= 0.3 is 5.97 Å². The molecule has 2 N–H and O–H groups in total. The first kappa shape index (κ1) is 15.1. The van der Waals surface area contributed by atoms with Gasteiger partial charge in [0.1, 0.15) is 19.4 Å². The molecule has 1 aromatic carbocycles. The lowest BCUT2D eigenvalue weighted by Gasteiger charge is -2.07. The molecule has 0 aliphatic heterocycles. The zero-order chi connectivity index (χ0) is 14.5. The molecular weight excluding hydrogens is 258 g/mol. The Balaban J connectivity index is 2.69. The van der Waals surface area contributed by atoms with E-state index >= 15 is 0 Å². The van der Waals surface area contributed by atoms with E-state index in [9.17, 15) is 9.90 Å². The lowest BCUT2D eigenvalue weighted by Crippen LogP contribution is -2.17. The summed E-state index contributed by atoms with van der Waals surface area (Å²) in [5.74, 6) is 2.41. The van der Waals surface area contributed by atoms with Crippen LogP contribution in [0.5, 0.6) is 5.75 Å². The summed E-state index contributed by atoms with van der Waals surface area (Å²) in [4.78, 5) is 11.3. The summed E-state index contributed by atoms with van der Waals surface area (Å²) in [6.07, 6.45) is 0. The number of ether oxygens (including phenoxy) is 1. The van der Waals surface area contributed by atoms with Gasteiger partial charge in [-0.1, -0.05) is 25.6 Å². The van der Waals surface area contributed by atoms with Crippen LogP contribution in [0.2, 0.25) is 19.6 Å². The van der Waals surface area contributed by atoms with Crippen LogP contribution in [0, 0.1) is 11.5 Å². The van der Waals surface area contributed by atoms with Gasteiger partial charge in [-0.15, -0.1) is 5.54 Å². The molecule has 102 valence electrons. The molecule has 0 saturated carbocycles. The molecule has 0 atom stereocenters. The Morgan fingerprint density at radius 1 is 1.42 bits per heavy atom. The molecule has 0 fully saturated rings. The zero-order valence-electron chi connectivity index (χ0n) is 11.7. The summed E-state index contributed by atoms with van der Waals surface area (Å²) in [7, 11) is -0.0691. The van der Waals surface area contributed by atoms with Crippen LogP contribution in [0.15, 0.2) is 18.2 Å². The largest absolute Gasteiger partial charge is 0.507 e. The van der Waals surface area contributed by atoms with E-state index in [1.807, 2.05) is 0 Å². The van der Waals surface area contributed by atoms with Crippen LogP contribution in [0.25, 0.3) is 0 Å². The van der Waals surface area contributed by atoms with E-state index < -0.39 is 14.0 Å². The number of hydrogen-bond donors (Lipinski definition) is 2. The number of hydrogen-bond acceptors (Lipinski definition) is 4. The summed E-state index contributed by atoms with van der Waals surface area (Å²) in [6, 6.07) is 4.72. The van der Waals surface area contributed by atoms with Crippen molar-refractivity contribution in [3.05, 3.63) is 23.8 Å². The van der Waals surface area contributed by atoms with Crippen molar-refractivity contribution in [3.8, 4) is 17.2 Å². The highest BCUT2D eigenvalue weighted by Crippen LogP contribution is 2.22. The van der Waals surface area contributed by atoms with Crippen molar-refractivity contribution in [2.45, 2.75) is 19.6 Å². The molecule has 0 radical (unpaired) electrons. The Hall–Kier alpha value is -1.93. The average Bonchev–Trinajstić information content (AvgIpc) is 2.33. The Bertz CT molecular complexity index is 524. The molecule has 1 rings (SSSR count). The smallest absolute Gasteiger partial charge is 0.341 e. The number of aromatic hydroxyl groups is 1. The van der Waals surface area contributed by atoms with Gasteiger partial charge < -0.3 is 15.2 Å². The van der Waals surface area contributed by atoms with E-state index in [0.29, 0.717) is 6.54 Å². The number of phenolic OH excluding ortho intramolecular Hbond substituents is 1. The summed E-state index contributed by atoms with van der Waals surface area (Å²) >= 11 is 0. The second-order valence-electron chi connectivity index (χ2n) is 5.13. The van der Waals surface area contributed by atoms with Crippen LogP contribution in [-0.2, 0) is 4.74 Å². The summed E-state index contributed by atoms with van der Waals surface area (Å²) in [5.41, 5.74) is 4.11. The second-order valence-corrected chi connectivity index (χ2v) is 9.88. The van der Waals surface area contributed by atoms with E-state index in [1.54, 1.807) is 6.07 Å². The summed E-state index contributed by atoms with van der Waals surface area (Å²) in [6.45, 7) is 7.05. The van der Waals surface area contributed by atoms with E-state index in [1.165, 1.54) is 19.2 Å². The maximum Gasteiger partial charge on any atom is 0.341 e. The second kappa shape index (κ2) is 6.30. The van der Waals surface area contributed by atoms with Crippen molar-refractivity contribution >= 4 is 19.7 Å². The van der Waals surface area contributed by atoms with Crippen molar-refractivity contribution in [2.24, 2.45) is 0 Å². The molecule has 0 bridgehead atoms. The number of esters is 1. The van der Waals surface area contributed by atoms with E-state index in [4.69, 9.17) is 0 Å². The van der Waals surface area contributed by atoms with Crippen molar-refractivity contribution in [3.63, 3.8) is 0 Å². The minimum atomic E-state index is -1.35. The van der Waals surface area contributed by atoms with Gasteiger partial charge in [0.2, 0.25) is 0 Å². The van der Waals surface area contributed by atoms with Gasteiger partial charge in [0.25, 0.3) is 0 Å². The molecule has 0 spiro atoms. The van der Waals surface area contributed by atoms with Crippen LogP contribution in [0.1, 0.15) is 10.4 Å². The maximum atomic E-state index is 11.3. The topological polar surface area (TPSA) is 58.6 Å². The summed E-state index contributed by atoms with van der Waals surface area (Å²) < 4.78 is 4.56. The van der Waals surface area contributed by atoms with Gasteiger partial charge in [-0.3, -0.25) is 0 Å². The van der Waals surface area contributed by atoms with Crippen molar-refractivity contribution in [2.75, 3.05) is 19.0 Å². The number of rotatable bonds is 3. The number of carbonyl (C=O) groups excluding carboxylic acids is 1.